The maximum Gasteiger partial charge on any atom is 0.259 e. The highest BCUT2D eigenvalue weighted by atomic mass is 35.5. The van der Waals surface area contributed by atoms with Crippen molar-refractivity contribution < 1.29 is 14.0 Å². The van der Waals surface area contributed by atoms with Gasteiger partial charge in [-0.25, -0.2) is 4.39 Å². The first kappa shape index (κ1) is 30.3. The van der Waals surface area contributed by atoms with Crippen LogP contribution in [0.25, 0.3) is 0 Å². The van der Waals surface area contributed by atoms with Gasteiger partial charge in [0.05, 0.1) is 37.8 Å². The molecule has 2 unspecified atom stereocenters. The maximum absolute atomic E-state index is 13.5. The van der Waals surface area contributed by atoms with E-state index in [2.05, 4.69) is 11.9 Å². The summed E-state index contributed by atoms with van der Waals surface area (Å²) < 4.78 is 12.1. The first-order chi connectivity index (χ1) is 17.7. The number of nitrogens with zero attached hydrogens (tertiary/aromatic N) is 2. The number of amides is 2. The lowest BCUT2D eigenvalue weighted by atomic mass is 10.1. The van der Waals surface area contributed by atoms with Crippen molar-refractivity contribution in [1.29, 1.82) is 5.26 Å². The third kappa shape index (κ3) is 6.31. The van der Waals surface area contributed by atoms with Crippen molar-refractivity contribution in [2.24, 2.45) is 11.8 Å². The van der Waals surface area contributed by atoms with E-state index in [1.54, 1.807) is 6.92 Å². The van der Waals surface area contributed by atoms with Crippen LogP contribution in [-0.2, 0) is 4.79 Å². The van der Waals surface area contributed by atoms with Gasteiger partial charge in [-0.3, -0.25) is 9.59 Å². The quantitative estimate of drug-likeness (QED) is 0.245. The summed E-state index contributed by atoms with van der Waals surface area (Å²) in [6.07, 6.45) is 1.44. The fourth-order valence-corrected chi connectivity index (χ4v) is 5.30. The first-order valence-electron chi connectivity index (χ1n) is 10.7. The standard InChI is InChI=1S/C26H18Cl6FN3O2/c1-12(8-19(29)23(30)13(2)27)21-22(26(21,31)32)24(37)35-16-5-6-18(28)17(10-16)25(38)36(3)20-7-4-15(33)9-14(20)11-34/h4-10,21-22H,1H2,2-3H3,(H,35,37)/b19-8+,23-13-. The molecule has 2 aromatic carbocycles. The van der Waals surface area contributed by atoms with Crippen molar-refractivity contribution in [2.45, 2.75) is 11.3 Å². The number of nitriles is 1. The summed E-state index contributed by atoms with van der Waals surface area (Å²) in [7, 11) is 1.42. The number of carbonyl (C=O) groups excluding carboxylic acids is 2. The van der Waals surface area contributed by atoms with Gasteiger partial charge in [0.2, 0.25) is 5.91 Å². The Labute approximate surface area is 249 Å². The molecule has 2 amide bonds. The van der Waals surface area contributed by atoms with Gasteiger partial charge in [-0.05, 0) is 55.0 Å². The van der Waals surface area contributed by atoms with Gasteiger partial charge in [0.25, 0.3) is 5.91 Å². The van der Waals surface area contributed by atoms with Gasteiger partial charge < -0.3 is 10.2 Å². The van der Waals surface area contributed by atoms with Crippen molar-refractivity contribution in [2.75, 3.05) is 17.3 Å². The second-order valence-corrected chi connectivity index (χ2v) is 11.6. The summed E-state index contributed by atoms with van der Waals surface area (Å²) in [6, 6.07) is 9.61. The summed E-state index contributed by atoms with van der Waals surface area (Å²) in [4.78, 5) is 27.4. The van der Waals surface area contributed by atoms with Gasteiger partial charge in [0.1, 0.15) is 16.2 Å². The van der Waals surface area contributed by atoms with E-state index >= 15 is 0 Å². The van der Waals surface area contributed by atoms with Gasteiger partial charge in [-0.15, -0.1) is 23.2 Å². The van der Waals surface area contributed by atoms with Crippen molar-refractivity contribution >= 4 is 92.8 Å². The van der Waals surface area contributed by atoms with Gasteiger partial charge >= 0.3 is 0 Å². The normalized spacial score (nSPS) is 18.7. The Balaban J connectivity index is 1.81. The summed E-state index contributed by atoms with van der Waals surface area (Å²) in [5.74, 6) is -3.28. The average molecular weight is 636 g/mol. The molecule has 0 saturated heterocycles. The van der Waals surface area contributed by atoms with Crippen LogP contribution in [0.15, 0.2) is 69.7 Å². The van der Waals surface area contributed by atoms with Crippen LogP contribution in [-0.4, -0.2) is 23.2 Å². The largest absolute Gasteiger partial charge is 0.326 e. The van der Waals surface area contributed by atoms with E-state index in [4.69, 9.17) is 69.6 Å². The molecular weight excluding hydrogens is 618 g/mol. The fraction of sp³-hybridized carbons (Fsp3) is 0.192. The van der Waals surface area contributed by atoms with Crippen LogP contribution in [0.4, 0.5) is 15.8 Å². The number of alkyl halides is 2. The Hall–Kier alpha value is -2.24. The minimum atomic E-state index is -1.46. The van der Waals surface area contributed by atoms with Crippen LogP contribution in [0, 0.1) is 29.0 Å². The summed E-state index contributed by atoms with van der Waals surface area (Å²) in [6.45, 7) is 5.47. The predicted molar refractivity (Wildman–Crippen MR) is 153 cm³/mol. The lowest BCUT2D eigenvalue weighted by Gasteiger charge is -2.20. The number of anilines is 2. The third-order valence-corrected chi connectivity index (χ3v) is 8.21. The molecule has 198 valence electrons. The number of rotatable bonds is 7. The molecule has 0 radical (unpaired) electrons. The first-order valence-corrected chi connectivity index (χ1v) is 13.0. The van der Waals surface area contributed by atoms with Crippen LogP contribution >= 0.6 is 69.6 Å². The zero-order valence-electron chi connectivity index (χ0n) is 19.8. The Morgan fingerprint density at radius 2 is 1.82 bits per heavy atom. The van der Waals surface area contributed by atoms with Crippen LogP contribution in [0.5, 0.6) is 0 Å². The molecular formula is C26H18Cl6FN3O2. The zero-order chi connectivity index (χ0) is 28.5. The highest BCUT2D eigenvalue weighted by Crippen LogP contribution is 2.63. The number of benzene rings is 2. The summed E-state index contributed by atoms with van der Waals surface area (Å²) in [5.41, 5.74) is 0.802. The number of halogens is 7. The van der Waals surface area contributed by atoms with Crippen molar-refractivity contribution in [1.82, 2.24) is 0 Å². The van der Waals surface area contributed by atoms with E-state index < -0.39 is 33.8 Å². The molecule has 1 aliphatic carbocycles. The molecule has 38 heavy (non-hydrogen) atoms. The average Bonchev–Trinajstić information content (AvgIpc) is 3.45. The number of hydrogen-bond acceptors (Lipinski definition) is 3. The number of hydrogen-bond donors (Lipinski definition) is 1. The lowest BCUT2D eigenvalue weighted by molar-refractivity contribution is -0.117. The van der Waals surface area contributed by atoms with E-state index in [0.717, 1.165) is 17.0 Å². The van der Waals surface area contributed by atoms with Gasteiger partial charge in [0.15, 0.2) is 0 Å². The smallest absolute Gasteiger partial charge is 0.259 e. The molecule has 1 saturated carbocycles. The molecule has 3 rings (SSSR count). The molecule has 0 aromatic heterocycles. The van der Waals surface area contributed by atoms with Gasteiger partial charge in [0, 0.05) is 23.7 Å². The minimum absolute atomic E-state index is 0.0332. The number of allylic oxidation sites excluding steroid dienone is 5. The molecule has 1 fully saturated rings. The Morgan fingerprint density at radius 1 is 1.16 bits per heavy atom. The second-order valence-electron chi connectivity index (χ2n) is 8.37. The fourth-order valence-electron chi connectivity index (χ4n) is 3.76. The monoisotopic (exact) mass is 633 g/mol. The van der Waals surface area contributed by atoms with Crippen molar-refractivity contribution in [3.05, 3.63) is 91.7 Å². The highest BCUT2D eigenvalue weighted by molar-refractivity contribution is 6.53. The number of nitrogens with one attached hydrogen (secondary N) is 1. The molecule has 12 heteroatoms. The molecule has 0 aliphatic heterocycles. The minimum Gasteiger partial charge on any atom is -0.326 e. The van der Waals surface area contributed by atoms with E-state index in [0.29, 0.717) is 5.57 Å². The Kier molecular flexibility index (Phi) is 9.47. The predicted octanol–water partition coefficient (Wildman–Crippen LogP) is 8.37. The molecule has 5 nitrogen and oxygen atoms in total. The summed E-state index contributed by atoms with van der Waals surface area (Å²) in [5, 5.41) is 12.6. The van der Waals surface area contributed by atoms with Crippen LogP contribution in [0.3, 0.4) is 0 Å². The van der Waals surface area contributed by atoms with E-state index in [1.807, 2.05) is 6.07 Å². The number of carbonyl (C=O) groups is 2. The van der Waals surface area contributed by atoms with Crippen molar-refractivity contribution in [3.8, 4) is 6.07 Å². The zero-order valence-corrected chi connectivity index (χ0v) is 24.3. The summed E-state index contributed by atoms with van der Waals surface area (Å²) >= 11 is 37.1. The van der Waals surface area contributed by atoms with Gasteiger partial charge in [-0.1, -0.05) is 53.0 Å². The third-order valence-electron chi connectivity index (χ3n) is 5.77. The molecule has 0 spiro atoms. The lowest BCUT2D eigenvalue weighted by Crippen LogP contribution is -2.27. The molecule has 1 aliphatic rings. The van der Waals surface area contributed by atoms with E-state index in [9.17, 15) is 19.2 Å². The Morgan fingerprint density at radius 3 is 2.42 bits per heavy atom. The van der Waals surface area contributed by atoms with Crippen LogP contribution in [0.2, 0.25) is 5.02 Å². The SMILES string of the molecule is C=C(/C=C(Cl)\C(Cl)=C(/C)Cl)C1C(C(=O)Nc2ccc(Cl)c(C(=O)N(C)c3ccc(F)cc3C#N)c2)C1(Cl)Cl. The molecule has 2 aromatic rings. The topological polar surface area (TPSA) is 73.2 Å². The molecule has 0 bridgehead atoms. The molecule has 2 atom stereocenters. The van der Waals surface area contributed by atoms with E-state index in [1.165, 1.54) is 37.4 Å². The van der Waals surface area contributed by atoms with E-state index in [-0.39, 0.29) is 42.6 Å². The molecule has 1 N–H and O–H groups in total. The Bertz CT molecular complexity index is 1440. The van der Waals surface area contributed by atoms with Gasteiger partial charge in [-0.2, -0.15) is 5.26 Å². The maximum atomic E-state index is 13.5. The second kappa shape index (κ2) is 11.9. The van der Waals surface area contributed by atoms with Crippen LogP contribution < -0.4 is 10.2 Å². The highest BCUT2D eigenvalue weighted by Gasteiger charge is 2.67. The van der Waals surface area contributed by atoms with Crippen molar-refractivity contribution in [3.63, 3.8) is 0 Å². The molecule has 0 heterocycles. The van der Waals surface area contributed by atoms with Crippen LogP contribution in [0.1, 0.15) is 22.8 Å².